The summed E-state index contributed by atoms with van der Waals surface area (Å²) in [6.07, 6.45) is 0.869. The molecule has 2 aromatic carbocycles. The molecule has 1 aliphatic heterocycles. The van der Waals surface area contributed by atoms with Crippen molar-refractivity contribution in [3.8, 4) is 0 Å². The number of nitrogens with zero attached hydrogens (tertiary/aromatic N) is 1. The highest BCUT2D eigenvalue weighted by Gasteiger charge is 2.44. The first-order valence-corrected chi connectivity index (χ1v) is 11.6. The summed E-state index contributed by atoms with van der Waals surface area (Å²) in [6, 6.07) is 13.6. The third-order valence-corrected chi connectivity index (χ3v) is 6.50. The number of rotatable bonds is 5. The fourth-order valence-electron chi connectivity index (χ4n) is 4.73. The molecule has 0 saturated heterocycles. The van der Waals surface area contributed by atoms with Crippen molar-refractivity contribution in [2.75, 3.05) is 6.61 Å². The Kier molecular flexibility index (Phi) is 6.80. The largest absolute Gasteiger partial charge is 0.465 e. The van der Waals surface area contributed by atoms with Crippen molar-refractivity contribution >= 4 is 29.1 Å². The van der Waals surface area contributed by atoms with Crippen LogP contribution in [0.4, 0.5) is 4.39 Å². The third kappa shape index (κ3) is 4.93. The van der Waals surface area contributed by atoms with E-state index in [1.165, 1.54) is 12.1 Å². The van der Waals surface area contributed by atoms with Crippen LogP contribution in [0.3, 0.4) is 0 Å². The lowest BCUT2D eigenvalue weighted by Gasteiger charge is -2.36. The van der Waals surface area contributed by atoms with Gasteiger partial charge in [-0.2, -0.15) is 0 Å². The molecule has 0 radical (unpaired) electrons. The molecule has 0 fully saturated rings. The first-order valence-electron chi connectivity index (χ1n) is 11.2. The van der Waals surface area contributed by atoms with Gasteiger partial charge in [0.2, 0.25) is 0 Å². The average molecular weight is 468 g/mol. The number of Topliss-reactive ketones (excluding diaryl/α,β-unsaturated/α-hetero) is 1. The number of carbonyl (C=O) groups is 2. The standard InChI is InChI=1S/C27H27ClFNO3/c1-15(2)14-33-27(32)24-16(3)30-22-12-19(17-7-9-20(28)10-8-17)13-23(31)26(22)25(24)18-5-4-6-21(29)11-18/h4-11,15,19,24-25H,12-14H2,1-3H3/t19-,24?,25+/m1/s1. The van der Waals surface area contributed by atoms with Crippen molar-refractivity contribution in [3.05, 3.63) is 81.8 Å². The molecule has 4 nitrogen and oxygen atoms in total. The quantitative estimate of drug-likeness (QED) is 0.488. The van der Waals surface area contributed by atoms with E-state index in [-0.39, 0.29) is 24.2 Å². The summed E-state index contributed by atoms with van der Waals surface area (Å²) in [7, 11) is 0. The van der Waals surface area contributed by atoms with Crippen LogP contribution in [0.5, 0.6) is 0 Å². The molecule has 1 heterocycles. The lowest BCUT2D eigenvalue weighted by molar-refractivity contribution is -0.147. The first-order chi connectivity index (χ1) is 15.7. The first kappa shape index (κ1) is 23.4. The zero-order valence-electron chi connectivity index (χ0n) is 19.0. The minimum atomic E-state index is -0.764. The highest BCUT2D eigenvalue weighted by molar-refractivity contribution is 6.30. The van der Waals surface area contributed by atoms with Crippen LogP contribution < -0.4 is 0 Å². The molecule has 3 atom stereocenters. The zero-order valence-corrected chi connectivity index (χ0v) is 19.7. The molecule has 172 valence electrons. The van der Waals surface area contributed by atoms with E-state index in [2.05, 4.69) is 0 Å². The lowest BCUT2D eigenvalue weighted by Crippen LogP contribution is -2.38. The SMILES string of the molecule is CC1=NC2=C(C(=O)C[C@H](c3ccc(Cl)cc3)C2)[C@@H](c2cccc(F)c2)C1C(=O)OCC(C)C. The smallest absolute Gasteiger partial charge is 0.315 e. The van der Waals surface area contributed by atoms with Gasteiger partial charge in [-0.15, -0.1) is 0 Å². The Morgan fingerprint density at radius 2 is 1.88 bits per heavy atom. The molecule has 2 aliphatic rings. The number of esters is 1. The maximum atomic E-state index is 14.2. The van der Waals surface area contributed by atoms with Gasteiger partial charge in [0.15, 0.2) is 5.78 Å². The Morgan fingerprint density at radius 3 is 2.55 bits per heavy atom. The van der Waals surface area contributed by atoms with Crippen LogP contribution in [0.15, 0.2) is 64.8 Å². The molecule has 0 spiro atoms. The van der Waals surface area contributed by atoms with E-state index in [1.807, 2.05) is 38.1 Å². The second kappa shape index (κ2) is 9.60. The molecule has 0 bridgehead atoms. The van der Waals surface area contributed by atoms with Crippen LogP contribution in [-0.4, -0.2) is 24.1 Å². The van der Waals surface area contributed by atoms with Crippen molar-refractivity contribution in [2.45, 2.75) is 45.4 Å². The number of hydrogen-bond donors (Lipinski definition) is 0. The summed E-state index contributed by atoms with van der Waals surface area (Å²) in [5, 5.41) is 0.640. The lowest BCUT2D eigenvalue weighted by atomic mass is 9.69. The summed E-state index contributed by atoms with van der Waals surface area (Å²) in [5.74, 6) is -2.14. The van der Waals surface area contributed by atoms with E-state index in [0.29, 0.717) is 40.4 Å². The number of ketones is 1. The second-order valence-corrected chi connectivity index (χ2v) is 9.66. The van der Waals surface area contributed by atoms with Crippen LogP contribution in [0.25, 0.3) is 0 Å². The van der Waals surface area contributed by atoms with E-state index in [4.69, 9.17) is 21.3 Å². The highest BCUT2D eigenvalue weighted by atomic mass is 35.5. The van der Waals surface area contributed by atoms with Gasteiger partial charge < -0.3 is 4.74 Å². The normalized spacial score (nSPS) is 22.8. The highest BCUT2D eigenvalue weighted by Crippen LogP contribution is 2.47. The molecular weight excluding hydrogens is 441 g/mol. The minimum Gasteiger partial charge on any atom is -0.465 e. The number of hydrogen-bond acceptors (Lipinski definition) is 4. The zero-order chi connectivity index (χ0) is 23.7. The van der Waals surface area contributed by atoms with E-state index in [9.17, 15) is 14.0 Å². The summed E-state index contributed by atoms with van der Waals surface area (Å²) in [5.41, 5.74) is 3.37. The Bertz CT molecular complexity index is 1140. The summed E-state index contributed by atoms with van der Waals surface area (Å²) < 4.78 is 19.7. The predicted octanol–water partition coefficient (Wildman–Crippen LogP) is 6.25. The molecule has 6 heteroatoms. The van der Waals surface area contributed by atoms with Gasteiger partial charge in [-0.05, 0) is 60.6 Å². The summed E-state index contributed by atoms with van der Waals surface area (Å²) in [6.45, 7) is 5.98. The predicted molar refractivity (Wildman–Crippen MR) is 127 cm³/mol. The van der Waals surface area contributed by atoms with Gasteiger partial charge in [0, 0.05) is 34.3 Å². The van der Waals surface area contributed by atoms with Crippen LogP contribution >= 0.6 is 11.6 Å². The monoisotopic (exact) mass is 467 g/mol. The molecule has 0 N–H and O–H groups in total. The van der Waals surface area contributed by atoms with Crippen molar-refractivity contribution < 1.29 is 18.7 Å². The van der Waals surface area contributed by atoms with Crippen molar-refractivity contribution in [2.24, 2.45) is 16.8 Å². The van der Waals surface area contributed by atoms with E-state index >= 15 is 0 Å². The fourth-order valence-corrected chi connectivity index (χ4v) is 4.86. The number of ether oxygens (including phenoxy) is 1. The molecule has 0 amide bonds. The molecular formula is C27H27ClFNO3. The van der Waals surface area contributed by atoms with Crippen LogP contribution in [0.2, 0.25) is 5.02 Å². The van der Waals surface area contributed by atoms with Crippen molar-refractivity contribution in [3.63, 3.8) is 0 Å². The number of halogens is 2. The maximum absolute atomic E-state index is 14.2. The Balaban J connectivity index is 1.76. The molecule has 1 unspecified atom stereocenters. The molecule has 2 aromatic rings. The van der Waals surface area contributed by atoms with Gasteiger partial charge in [0.25, 0.3) is 0 Å². The molecule has 1 aliphatic carbocycles. The number of aliphatic imine (C=N–C) groups is 1. The van der Waals surface area contributed by atoms with E-state index in [1.54, 1.807) is 19.1 Å². The van der Waals surface area contributed by atoms with Crippen LogP contribution in [-0.2, 0) is 14.3 Å². The van der Waals surface area contributed by atoms with E-state index in [0.717, 1.165) is 5.56 Å². The van der Waals surface area contributed by atoms with Gasteiger partial charge in [0.05, 0.1) is 6.61 Å². The van der Waals surface area contributed by atoms with E-state index < -0.39 is 23.6 Å². The summed E-state index contributed by atoms with van der Waals surface area (Å²) >= 11 is 6.03. The van der Waals surface area contributed by atoms with Gasteiger partial charge in [-0.25, -0.2) is 4.39 Å². The van der Waals surface area contributed by atoms with Gasteiger partial charge in [0.1, 0.15) is 11.7 Å². The molecule has 4 rings (SSSR count). The van der Waals surface area contributed by atoms with Crippen LogP contribution in [0.1, 0.15) is 56.6 Å². The maximum Gasteiger partial charge on any atom is 0.315 e. The Hall–Kier alpha value is -2.79. The third-order valence-electron chi connectivity index (χ3n) is 6.25. The van der Waals surface area contributed by atoms with Crippen molar-refractivity contribution in [1.82, 2.24) is 0 Å². The van der Waals surface area contributed by atoms with Crippen molar-refractivity contribution in [1.29, 1.82) is 0 Å². The van der Waals surface area contributed by atoms with Crippen LogP contribution in [0, 0.1) is 17.7 Å². The fraction of sp³-hybridized carbons (Fsp3) is 0.370. The molecule has 0 saturated carbocycles. The second-order valence-electron chi connectivity index (χ2n) is 9.23. The van der Waals surface area contributed by atoms with Gasteiger partial charge >= 0.3 is 5.97 Å². The Labute approximate surface area is 198 Å². The average Bonchev–Trinajstić information content (AvgIpc) is 2.76. The topological polar surface area (TPSA) is 55.7 Å². The number of allylic oxidation sites excluding steroid dienone is 2. The number of benzene rings is 2. The number of carbonyl (C=O) groups excluding carboxylic acids is 2. The minimum absolute atomic E-state index is 0.0253. The Morgan fingerprint density at radius 1 is 1.15 bits per heavy atom. The molecule has 33 heavy (non-hydrogen) atoms. The van der Waals surface area contributed by atoms with Gasteiger partial charge in [-0.1, -0.05) is 49.7 Å². The summed E-state index contributed by atoms with van der Waals surface area (Å²) in [4.78, 5) is 31.4. The molecule has 0 aromatic heterocycles. The van der Waals surface area contributed by atoms with Gasteiger partial charge in [-0.3, -0.25) is 14.6 Å².